The topological polar surface area (TPSA) is 52.9 Å². The van der Waals surface area contributed by atoms with E-state index in [0.717, 1.165) is 11.1 Å². The lowest BCUT2D eigenvalue weighted by Crippen LogP contribution is -2.28. The summed E-state index contributed by atoms with van der Waals surface area (Å²) in [6, 6.07) is 17.2. The van der Waals surface area contributed by atoms with E-state index in [9.17, 15) is 4.79 Å². The number of rotatable bonds is 4. The van der Waals surface area contributed by atoms with Crippen molar-refractivity contribution in [2.24, 2.45) is 0 Å². The molecule has 1 atom stereocenters. The first-order valence-electron chi connectivity index (χ1n) is 6.93. The molecule has 1 amide bonds. The van der Waals surface area contributed by atoms with Gasteiger partial charge in [0.05, 0.1) is 24.1 Å². The fraction of sp³-hybridized carbons (Fsp3) is 0.222. The summed E-state index contributed by atoms with van der Waals surface area (Å²) in [6.45, 7) is 3.96. The normalized spacial score (nSPS) is 11.5. The van der Waals surface area contributed by atoms with Gasteiger partial charge in [0.25, 0.3) is 0 Å². The van der Waals surface area contributed by atoms with Crippen LogP contribution in [0, 0.1) is 18.3 Å². The summed E-state index contributed by atoms with van der Waals surface area (Å²) in [6.07, 6.45) is 0.376. The van der Waals surface area contributed by atoms with Gasteiger partial charge < -0.3 is 5.32 Å². The maximum absolute atomic E-state index is 12.0. The smallest absolute Gasteiger partial charge is 0.224 e. The molecule has 2 rings (SSSR count). The summed E-state index contributed by atoms with van der Waals surface area (Å²) in [4.78, 5) is 12.0. The largest absolute Gasteiger partial charge is 0.349 e. The molecule has 0 spiro atoms. The number of nitrogens with one attached hydrogen (secondary N) is 1. The standard InChI is InChI=1S/C18H18N2O/c1-13-3-5-15(6-4-13)11-18(21)20-14(2)17-9-7-16(12-19)8-10-17/h3-10,14H,11H2,1-2H3,(H,20,21). The zero-order valence-corrected chi connectivity index (χ0v) is 12.3. The number of aryl methyl sites for hydroxylation is 1. The van der Waals surface area contributed by atoms with Crippen molar-refractivity contribution >= 4 is 5.91 Å². The highest BCUT2D eigenvalue weighted by atomic mass is 16.1. The van der Waals surface area contributed by atoms with Crippen molar-refractivity contribution in [3.63, 3.8) is 0 Å². The van der Waals surface area contributed by atoms with Crippen molar-refractivity contribution in [1.82, 2.24) is 5.32 Å². The summed E-state index contributed by atoms with van der Waals surface area (Å²) in [5.41, 5.74) is 3.80. The SMILES string of the molecule is Cc1ccc(CC(=O)NC(C)c2ccc(C#N)cc2)cc1. The third-order valence-corrected chi connectivity index (χ3v) is 3.40. The molecular formula is C18H18N2O. The molecule has 0 saturated heterocycles. The first-order valence-corrected chi connectivity index (χ1v) is 6.93. The van der Waals surface area contributed by atoms with Crippen LogP contribution in [0.5, 0.6) is 0 Å². The summed E-state index contributed by atoms with van der Waals surface area (Å²) >= 11 is 0. The van der Waals surface area contributed by atoms with Crippen molar-refractivity contribution < 1.29 is 4.79 Å². The van der Waals surface area contributed by atoms with E-state index in [1.54, 1.807) is 12.1 Å². The molecule has 1 N–H and O–H groups in total. The van der Waals surface area contributed by atoms with Crippen molar-refractivity contribution in [1.29, 1.82) is 5.26 Å². The third-order valence-electron chi connectivity index (χ3n) is 3.40. The maximum Gasteiger partial charge on any atom is 0.224 e. The van der Waals surface area contributed by atoms with Crippen LogP contribution in [-0.2, 0) is 11.2 Å². The zero-order chi connectivity index (χ0) is 15.2. The van der Waals surface area contributed by atoms with E-state index in [2.05, 4.69) is 11.4 Å². The van der Waals surface area contributed by atoms with Gasteiger partial charge in [-0.1, -0.05) is 42.0 Å². The molecule has 0 aliphatic rings. The predicted octanol–water partition coefficient (Wildman–Crippen LogP) is 3.29. The number of hydrogen-bond acceptors (Lipinski definition) is 2. The first-order chi connectivity index (χ1) is 10.1. The summed E-state index contributed by atoms with van der Waals surface area (Å²) in [5, 5.41) is 11.8. The van der Waals surface area contributed by atoms with Gasteiger partial charge >= 0.3 is 0 Å². The average molecular weight is 278 g/mol. The molecule has 21 heavy (non-hydrogen) atoms. The van der Waals surface area contributed by atoms with Gasteiger partial charge in [-0.05, 0) is 37.1 Å². The fourth-order valence-electron chi connectivity index (χ4n) is 2.11. The van der Waals surface area contributed by atoms with Crippen LogP contribution in [0.2, 0.25) is 0 Å². The quantitative estimate of drug-likeness (QED) is 0.933. The number of nitrogens with zero attached hydrogens (tertiary/aromatic N) is 1. The van der Waals surface area contributed by atoms with E-state index in [4.69, 9.17) is 5.26 Å². The summed E-state index contributed by atoms with van der Waals surface area (Å²) < 4.78 is 0. The molecule has 0 fully saturated rings. The van der Waals surface area contributed by atoms with Gasteiger partial charge in [-0.25, -0.2) is 0 Å². The van der Waals surface area contributed by atoms with Gasteiger partial charge in [0, 0.05) is 0 Å². The molecule has 0 aliphatic heterocycles. The Morgan fingerprint density at radius 1 is 1.14 bits per heavy atom. The van der Waals surface area contributed by atoms with Crippen LogP contribution < -0.4 is 5.32 Å². The van der Waals surface area contributed by atoms with E-state index in [1.807, 2.05) is 50.2 Å². The second kappa shape index (κ2) is 6.71. The lowest BCUT2D eigenvalue weighted by atomic mass is 10.1. The number of hydrogen-bond donors (Lipinski definition) is 1. The summed E-state index contributed by atoms with van der Waals surface area (Å²) in [5.74, 6) is -0.00397. The minimum Gasteiger partial charge on any atom is -0.349 e. The van der Waals surface area contributed by atoms with Crippen LogP contribution in [0.3, 0.4) is 0 Å². The Hall–Kier alpha value is -2.60. The van der Waals surface area contributed by atoms with Gasteiger partial charge in [-0.3, -0.25) is 4.79 Å². The monoisotopic (exact) mass is 278 g/mol. The van der Waals surface area contributed by atoms with Crippen LogP contribution in [-0.4, -0.2) is 5.91 Å². The molecule has 0 bridgehead atoms. The molecule has 106 valence electrons. The molecular weight excluding hydrogens is 260 g/mol. The van der Waals surface area contributed by atoms with Gasteiger partial charge in [0.15, 0.2) is 0 Å². The number of nitriles is 1. The van der Waals surface area contributed by atoms with Crippen LogP contribution in [0.25, 0.3) is 0 Å². The minimum atomic E-state index is -0.0734. The lowest BCUT2D eigenvalue weighted by Gasteiger charge is -2.14. The van der Waals surface area contributed by atoms with Crippen molar-refractivity contribution in [2.75, 3.05) is 0 Å². The Balaban J connectivity index is 1.95. The number of benzene rings is 2. The first kappa shape index (κ1) is 14.8. The van der Waals surface area contributed by atoms with E-state index >= 15 is 0 Å². The fourth-order valence-corrected chi connectivity index (χ4v) is 2.11. The molecule has 1 unspecified atom stereocenters. The number of carbonyl (C=O) groups excluding carboxylic acids is 1. The maximum atomic E-state index is 12.0. The number of carbonyl (C=O) groups is 1. The second-order valence-corrected chi connectivity index (χ2v) is 5.19. The Bertz CT molecular complexity index is 651. The molecule has 0 saturated carbocycles. The molecule has 0 radical (unpaired) electrons. The predicted molar refractivity (Wildman–Crippen MR) is 82.6 cm³/mol. The van der Waals surface area contributed by atoms with Crippen molar-refractivity contribution in [2.45, 2.75) is 26.3 Å². The van der Waals surface area contributed by atoms with Gasteiger partial charge in [0.1, 0.15) is 0 Å². The Morgan fingerprint density at radius 3 is 2.33 bits per heavy atom. The number of amides is 1. The molecule has 2 aromatic carbocycles. The molecule has 0 aromatic heterocycles. The van der Waals surface area contributed by atoms with Crippen LogP contribution in [0.15, 0.2) is 48.5 Å². The average Bonchev–Trinajstić information content (AvgIpc) is 2.49. The molecule has 0 heterocycles. The minimum absolute atomic E-state index is 0.00397. The lowest BCUT2D eigenvalue weighted by molar-refractivity contribution is -0.121. The second-order valence-electron chi connectivity index (χ2n) is 5.19. The Morgan fingerprint density at radius 2 is 1.76 bits per heavy atom. The van der Waals surface area contributed by atoms with E-state index in [0.29, 0.717) is 12.0 Å². The van der Waals surface area contributed by atoms with E-state index in [-0.39, 0.29) is 11.9 Å². The summed E-state index contributed by atoms with van der Waals surface area (Å²) in [7, 11) is 0. The van der Waals surface area contributed by atoms with Crippen molar-refractivity contribution in [3.8, 4) is 6.07 Å². The van der Waals surface area contributed by atoms with Crippen molar-refractivity contribution in [3.05, 3.63) is 70.8 Å². The van der Waals surface area contributed by atoms with Gasteiger partial charge in [0.2, 0.25) is 5.91 Å². The highest BCUT2D eigenvalue weighted by molar-refractivity contribution is 5.79. The molecule has 2 aromatic rings. The van der Waals surface area contributed by atoms with Gasteiger partial charge in [-0.2, -0.15) is 5.26 Å². The highest BCUT2D eigenvalue weighted by Crippen LogP contribution is 2.13. The van der Waals surface area contributed by atoms with E-state index < -0.39 is 0 Å². The molecule has 3 heteroatoms. The van der Waals surface area contributed by atoms with Crippen LogP contribution >= 0.6 is 0 Å². The van der Waals surface area contributed by atoms with E-state index in [1.165, 1.54) is 5.56 Å². The Labute approximate surface area is 125 Å². The zero-order valence-electron chi connectivity index (χ0n) is 12.3. The molecule has 0 aliphatic carbocycles. The van der Waals surface area contributed by atoms with Crippen LogP contribution in [0.4, 0.5) is 0 Å². The van der Waals surface area contributed by atoms with Crippen LogP contribution in [0.1, 0.15) is 35.2 Å². The molecule has 3 nitrogen and oxygen atoms in total. The third kappa shape index (κ3) is 4.19. The Kier molecular flexibility index (Phi) is 4.73. The highest BCUT2D eigenvalue weighted by Gasteiger charge is 2.10. The van der Waals surface area contributed by atoms with Gasteiger partial charge in [-0.15, -0.1) is 0 Å².